The number of nitrogens with one attached hydrogen (secondary N) is 1. The lowest BCUT2D eigenvalue weighted by Crippen LogP contribution is -2.32. The van der Waals surface area contributed by atoms with Crippen molar-refractivity contribution in [2.24, 2.45) is 5.41 Å². The molecule has 0 bridgehead atoms. The molecule has 0 aromatic rings. The highest BCUT2D eigenvalue weighted by Gasteiger charge is 2.36. The molecule has 13 heavy (non-hydrogen) atoms. The highest BCUT2D eigenvalue weighted by Crippen LogP contribution is 2.43. The van der Waals surface area contributed by atoms with Gasteiger partial charge in [0.1, 0.15) is 6.10 Å². The molecule has 0 aromatic heterocycles. The van der Waals surface area contributed by atoms with Gasteiger partial charge in [-0.25, -0.2) is 0 Å². The summed E-state index contributed by atoms with van der Waals surface area (Å²) < 4.78 is 5.47. The van der Waals surface area contributed by atoms with Crippen LogP contribution >= 0.6 is 0 Å². The van der Waals surface area contributed by atoms with Crippen molar-refractivity contribution >= 4 is 0 Å². The second-order valence-corrected chi connectivity index (χ2v) is 4.65. The molecule has 1 aliphatic carbocycles. The van der Waals surface area contributed by atoms with Crippen LogP contribution in [0.4, 0.5) is 0 Å². The van der Waals surface area contributed by atoms with Gasteiger partial charge in [0.05, 0.1) is 6.26 Å². The monoisotopic (exact) mass is 181 g/mol. The van der Waals surface area contributed by atoms with Crippen LogP contribution in [0.25, 0.3) is 0 Å². The van der Waals surface area contributed by atoms with Gasteiger partial charge in [0.2, 0.25) is 0 Å². The molecule has 2 nitrogen and oxygen atoms in total. The summed E-state index contributed by atoms with van der Waals surface area (Å²) in [6.07, 6.45) is 9.47. The zero-order valence-electron chi connectivity index (χ0n) is 8.38. The van der Waals surface area contributed by atoms with E-state index in [1.54, 1.807) is 0 Å². The van der Waals surface area contributed by atoms with Gasteiger partial charge in [-0.2, -0.15) is 0 Å². The topological polar surface area (TPSA) is 21.3 Å². The lowest BCUT2D eigenvalue weighted by molar-refractivity contribution is 0.121. The minimum atomic E-state index is 0.410. The zero-order chi connectivity index (χ0) is 9.15. The maximum Gasteiger partial charge on any atom is 0.110 e. The van der Waals surface area contributed by atoms with Gasteiger partial charge in [-0.05, 0) is 37.2 Å². The van der Waals surface area contributed by atoms with E-state index in [1.807, 2.05) is 6.26 Å². The molecule has 0 saturated heterocycles. The van der Waals surface area contributed by atoms with Gasteiger partial charge in [-0.3, -0.25) is 0 Å². The number of hydrogen-bond donors (Lipinski definition) is 1. The van der Waals surface area contributed by atoms with Crippen molar-refractivity contribution in [3.05, 3.63) is 12.3 Å². The molecule has 74 valence electrons. The molecule has 1 heterocycles. The predicted molar refractivity (Wildman–Crippen MR) is 53.5 cm³/mol. The minimum Gasteiger partial charge on any atom is -0.497 e. The maximum atomic E-state index is 5.47. The Balaban J connectivity index is 1.59. The average molecular weight is 181 g/mol. The maximum absolute atomic E-state index is 5.47. The molecular formula is C11H19NO. The predicted octanol–water partition coefficient (Wildman–Crippen LogP) is 2.07. The molecule has 0 amide bonds. The second kappa shape index (κ2) is 3.70. The van der Waals surface area contributed by atoms with Crippen LogP contribution in [-0.2, 0) is 4.74 Å². The van der Waals surface area contributed by atoms with Gasteiger partial charge in [-0.15, -0.1) is 0 Å². The van der Waals surface area contributed by atoms with E-state index in [0.717, 1.165) is 13.1 Å². The molecule has 2 heteroatoms. The summed E-state index contributed by atoms with van der Waals surface area (Å²) in [5, 5.41) is 3.50. The summed E-state index contributed by atoms with van der Waals surface area (Å²) in [4.78, 5) is 0. The standard InChI is InChI=1S/C11H19NO/c1-11(5-6-11)9-12-8-10-4-2-3-7-13-10/h3,7,10,12H,2,4-6,8-9H2,1H3. The van der Waals surface area contributed by atoms with Gasteiger partial charge >= 0.3 is 0 Å². The van der Waals surface area contributed by atoms with Crippen molar-refractivity contribution < 1.29 is 4.74 Å². The summed E-state index contributed by atoms with van der Waals surface area (Å²) >= 11 is 0. The van der Waals surface area contributed by atoms with Gasteiger partial charge in [-0.1, -0.05) is 6.92 Å². The SMILES string of the molecule is CC1(CNCC2CCC=CO2)CC1. The smallest absolute Gasteiger partial charge is 0.110 e. The third-order valence-electron chi connectivity index (χ3n) is 3.05. The first-order chi connectivity index (χ1) is 6.29. The van der Waals surface area contributed by atoms with E-state index in [2.05, 4.69) is 18.3 Å². The molecule has 0 radical (unpaired) electrons. The van der Waals surface area contributed by atoms with E-state index in [4.69, 9.17) is 4.74 Å². The summed E-state index contributed by atoms with van der Waals surface area (Å²) in [5.41, 5.74) is 0.616. The second-order valence-electron chi connectivity index (χ2n) is 4.65. The van der Waals surface area contributed by atoms with Crippen LogP contribution in [0.2, 0.25) is 0 Å². The Labute approximate surface area is 80.4 Å². The number of rotatable bonds is 4. The van der Waals surface area contributed by atoms with Crippen LogP contribution in [-0.4, -0.2) is 19.2 Å². The van der Waals surface area contributed by atoms with Crippen molar-refractivity contribution in [1.82, 2.24) is 5.32 Å². The number of ether oxygens (including phenoxy) is 1. The molecular weight excluding hydrogens is 162 g/mol. The van der Waals surface area contributed by atoms with Crippen molar-refractivity contribution in [2.45, 2.75) is 38.7 Å². The highest BCUT2D eigenvalue weighted by molar-refractivity contribution is 4.91. The van der Waals surface area contributed by atoms with Crippen molar-refractivity contribution in [1.29, 1.82) is 0 Å². The fourth-order valence-electron chi connectivity index (χ4n) is 1.66. The Morgan fingerprint density at radius 3 is 3.00 bits per heavy atom. The molecule has 2 rings (SSSR count). The van der Waals surface area contributed by atoms with E-state index in [1.165, 1.54) is 25.7 Å². The van der Waals surface area contributed by atoms with Gasteiger partial charge in [0.15, 0.2) is 0 Å². The van der Waals surface area contributed by atoms with Crippen molar-refractivity contribution in [3.63, 3.8) is 0 Å². The molecule has 1 N–H and O–H groups in total. The fourth-order valence-corrected chi connectivity index (χ4v) is 1.66. The Bertz CT molecular complexity index is 196. The molecule has 1 fully saturated rings. The quantitative estimate of drug-likeness (QED) is 0.717. The molecule has 0 aromatic carbocycles. The van der Waals surface area contributed by atoms with E-state index >= 15 is 0 Å². The first kappa shape index (κ1) is 9.07. The summed E-state index contributed by atoms with van der Waals surface area (Å²) in [7, 11) is 0. The van der Waals surface area contributed by atoms with Crippen LogP contribution in [0, 0.1) is 5.41 Å². The molecule has 0 spiro atoms. The van der Waals surface area contributed by atoms with Gasteiger partial charge in [0.25, 0.3) is 0 Å². The van der Waals surface area contributed by atoms with Crippen molar-refractivity contribution in [3.8, 4) is 0 Å². The third-order valence-corrected chi connectivity index (χ3v) is 3.05. The Kier molecular flexibility index (Phi) is 2.58. The number of allylic oxidation sites excluding steroid dienone is 1. The van der Waals surface area contributed by atoms with Crippen LogP contribution in [0.1, 0.15) is 32.6 Å². The summed E-state index contributed by atoms with van der Waals surface area (Å²) in [6, 6.07) is 0. The average Bonchev–Trinajstić information content (AvgIpc) is 2.86. The summed E-state index contributed by atoms with van der Waals surface area (Å²) in [6.45, 7) is 4.53. The molecule has 1 unspecified atom stereocenters. The van der Waals surface area contributed by atoms with Gasteiger partial charge < -0.3 is 10.1 Å². The zero-order valence-corrected chi connectivity index (χ0v) is 8.38. The fraction of sp³-hybridized carbons (Fsp3) is 0.818. The lowest BCUT2D eigenvalue weighted by Gasteiger charge is -2.20. The Hall–Kier alpha value is -0.500. The number of hydrogen-bond acceptors (Lipinski definition) is 2. The third kappa shape index (κ3) is 2.73. The van der Waals surface area contributed by atoms with Gasteiger partial charge in [0, 0.05) is 13.1 Å². The van der Waals surface area contributed by atoms with E-state index in [9.17, 15) is 0 Å². The lowest BCUT2D eigenvalue weighted by atomic mass is 10.1. The van der Waals surface area contributed by atoms with Crippen LogP contribution in [0.5, 0.6) is 0 Å². The molecule has 2 aliphatic rings. The molecule has 1 atom stereocenters. The van der Waals surface area contributed by atoms with Crippen LogP contribution < -0.4 is 5.32 Å². The largest absolute Gasteiger partial charge is 0.497 e. The first-order valence-corrected chi connectivity index (χ1v) is 5.30. The van der Waals surface area contributed by atoms with E-state index < -0.39 is 0 Å². The Morgan fingerprint density at radius 2 is 2.38 bits per heavy atom. The normalized spacial score (nSPS) is 29.8. The summed E-state index contributed by atoms with van der Waals surface area (Å²) in [5.74, 6) is 0. The van der Waals surface area contributed by atoms with E-state index in [-0.39, 0.29) is 0 Å². The van der Waals surface area contributed by atoms with E-state index in [0.29, 0.717) is 11.5 Å². The van der Waals surface area contributed by atoms with Crippen LogP contribution in [0.15, 0.2) is 12.3 Å². The van der Waals surface area contributed by atoms with Crippen LogP contribution in [0.3, 0.4) is 0 Å². The Morgan fingerprint density at radius 1 is 1.54 bits per heavy atom. The first-order valence-electron chi connectivity index (χ1n) is 5.30. The highest BCUT2D eigenvalue weighted by atomic mass is 16.5. The minimum absolute atomic E-state index is 0.410. The van der Waals surface area contributed by atoms with Crippen molar-refractivity contribution in [2.75, 3.05) is 13.1 Å². The molecule has 1 aliphatic heterocycles. The molecule has 1 saturated carbocycles.